The summed E-state index contributed by atoms with van der Waals surface area (Å²) in [5.41, 5.74) is 1.61. The van der Waals surface area contributed by atoms with Crippen LogP contribution >= 0.6 is 0 Å². The van der Waals surface area contributed by atoms with Crippen molar-refractivity contribution in [3.8, 4) is 0 Å². The molecule has 0 atom stereocenters. The number of pyridine rings is 1. The van der Waals surface area contributed by atoms with Crippen LogP contribution in [0.15, 0.2) is 24.4 Å². The topological polar surface area (TPSA) is 109 Å². The van der Waals surface area contributed by atoms with E-state index in [-0.39, 0.29) is 5.56 Å². The van der Waals surface area contributed by atoms with Crippen LogP contribution < -0.4 is 0 Å². The lowest BCUT2D eigenvalue weighted by molar-refractivity contribution is 0.0698. The zero-order chi connectivity index (χ0) is 13.2. The number of hydrogen-bond donors (Lipinski definition) is 2. The van der Waals surface area contributed by atoms with Crippen LogP contribution in [0.2, 0.25) is 0 Å². The van der Waals surface area contributed by atoms with Crippen molar-refractivity contribution >= 4 is 11.5 Å². The van der Waals surface area contributed by atoms with E-state index in [1.54, 1.807) is 28.9 Å². The highest BCUT2D eigenvalue weighted by Crippen LogP contribution is 2.13. The maximum Gasteiger partial charge on any atom is 0.337 e. The standard InChI is InChI=1S/C11H10N6O2/c18-11(19)8-2-1-5-17-9(8)6-7(14-17)3-4-10-12-15-16-13-10/h1-2,5-6H,3-4H2,(H,18,19)(H,12,13,15,16). The number of H-pyrrole nitrogens is 1. The molecule has 0 aliphatic carbocycles. The van der Waals surface area contributed by atoms with Crippen LogP contribution in [0.4, 0.5) is 0 Å². The van der Waals surface area contributed by atoms with E-state index in [9.17, 15) is 4.79 Å². The average Bonchev–Trinajstić information content (AvgIpc) is 3.04. The molecule has 0 saturated carbocycles. The highest BCUT2D eigenvalue weighted by atomic mass is 16.4. The Morgan fingerprint density at radius 1 is 1.42 bits per heavy atom. The van der Waals surface area contributed by atoms with Gasteiger partial charge in [-0.15, -0.1) is 10.2 Å². The Labute approximate surface area is 107 Å². The Kier molecular flexibility index (Phi) is 2.67. The molecule has 3 aromatic heterocycles. The van der Waals surface area contributed by atoms with Crippen molar-refractivity contribution in [3.05, 3.63) is 41.5 Å². The van der Waals surface area contributed by atoms with Crippen LogP contribution in [0.25, 0.3) is 5.52 Å². The zero-order valence-corrected chi connectivity index (χ0v) is 9.82. The molecule has 0 spiro atoms. The molecule has 0 amide bonds. The molecule has 0 aromatic carbocycles. The summed E-state index contributed by atoms with van der Waals surface area (Å²) in [4.78, 5) is 11.1. The quantitative estimate of drug-likeness (QED) is 0.698. The minimum Gasteiger partial charge on any atom is -0.478 e. The number of aromatic carboxylic acids is 1. The van der Waals surface area contributed by atoms with Crippen LogP contribution in [0.3, 0.4) is 0 Å². The first-order valence-corrected chi connectivity index (χ1v) is 5.67. The molecule has 0 bridgehead atoms. The summed E-state index contributed by atoms with van der Waals surface area (Å²) >= 11 is 0. The number of aryl methyl sites for hydroxylation is 2. The third-order valence-corrected chi connectivity index (χ3v) is 2.78. The molecule has 8 nitrogen and oxygen atoms in total. The van der Waals surface area contributed by atoms with Gasteiger partial charge in [-0.3, -0.25) is 0 Å². The van der Waals surface area contributed by atoms with Crippen LogP contribution in [0, 0.1) is 0 Å². The lowest BCUT2D eigenvalue weighted by atomic mass is 10.2. The molecule has 3 aromatic rings. The molecule has 2 N–H and O–H groups in total. The van der Waals surface area contributed by atoms with Gasteiger partial charge in [0.05, 0.1) is 16.8 Å². The summed E-state index contributed by atoms with van der Waals surface area (Å²) in [5.74, 6) is -0.356. The van der Waals surface area contributed by atoms with Crippen molar-refractivity contribution < 1.29 is 9.90 Å². The second-order valence-corrected chi connectivity index (χ2v) is 4.02. The van der Waals surface area contributed by atoms with E-state index in [0.29, 0.717) is 24.2 Å². The minimum absolute atomic E-state index is 0.237. The molecule has 0 aliphatic heterocycles. The first-order valence-electron chi connectivity index (χ1n) is 5.67. The SMILES string of the molecule is O=C(O)c1cccn2nc(CCc3nn[nH]n3)cc12. The molecular weight excluding hydrogens is 248 g/mol. The van der Waals surface area contributed by atoms with Crippen molar-refractivity contribution in [3.63, 3.8) is 0 Å². The second-order valence-electron chi connectivity index (χ2n) is 4.02. The molecule has 0 unspecified atom stereocenters. The number of tetrazole rings is 1. The van der Waals surface area contributed by atoms with Crippen LogP contribution in [-0.4, -0.2) is 41.3 Å². The summed E-state index contributed by atoms with van der Waals surface area (Å²) in [6.45, 7) is 0. The molecule has 0 fully saturated rings. The molecule has 96 valence electrons. The van der Waals surface area contributed by atoms with Gasteiger partial charge in [-0.1, -0.05) is 5.21 Å². The van der Waals surface area contributed by atoms with E-state index in [2.05, 4.69) is 25.7 Å². The number of nitrogens with zero attached hydrogens (tertiary/aromatic N) is 5. The zero-order valence-electron chi connectivity index (χ0n) is 9.82. The molecule has 0 radical (unpaired) electrons. The van der Waals surface area contributed by atoms with E-state index >= 15 is 0 Å². The van der Waals surface area contributed by atoms with Gasteiger partial charge in [0.15, 0.2) is 5.82 Å². The molecule has 0 saturated heterocycles. The Morgan fingerprint density at radius 2 is 2.32 bits per heavy atom. The molecular formula is C11H10N6O2. The van der Waals surface area contributed by atoms with Crippen LogP contribution in [-0.2, 0) is 12.8 Å². The van der Waals surface area contributed by atoms with Gasteiger partial charge in [0.25, 0.3) is 0 Å². The number of nitrogens with one attached hydrogen (secondary N) is 1. The number of carboxylic acid groups (broad SMARTS) is 1. The van der Waals surface area contributed by atoms with Gasteiger partial charge in [-0.05, 0) is 24.6 Å². The van der Waals surface area contributed by atoms with E-state index in [4.69, 9.17) is 5.11 Å². The van der Waals surface area contributed by atoms with E-state index < -0.39 is 5.97 Å². The largest absolute Gasteiger partial charge is 0.478 e. The molecule has 3 rings (SSSR count). The van der Waals surface area contributed by atoms with Gasteiger partial charge >= 0.3 is 5.97 Å². The third-order valence-electron chi connectivity index (χ3n) is 2.78. The minimum atomic E-state index is -0.963. The first kappa shape index (κ1) is 11.3. The van der Waals surface area contributed by atoms with Crippen molar-refractivity contribution in [1.29, 1.82) is 0 Å². The maximum absolute atomic E-state index is 11.1. The van der Waals surface area contributed by atoms with Gasteiger partial charge in [-0.25, -0.2) is 9.31 Å². The Bertz CT molecular complexity index is 718. The normalized spacial score (nSPS) is 10.9. The fourth-order valence-electron chi connectivity index (χ4n) is 1.90. The van der Waals surface area contributed by atoms with Crippen LogP contribution in [0.1, 0.15) is 21.9 Å². The van der Waals surface area contributed by atoms with Gasteiger partial charge < -0.3 is 5.11 Å². The highest BCUT2D eigenvalue weighted by Gasteiger charge is 2.11. The summed E-state index contributed by atoms with van der Waals surface area (Å²) < 4.78 is 1.56. The van der Waals surface area contributed by atoms with Gasteiger partial charge in [-0.2, -0.15) is 10.3 Å². The van der Waals surface area contributed by atoms with Gasteiger partial charge in [0.2, 0.25) is 0 Å². The molecule has 3 heterocycles. The third kappa shape index (κ3) is 2.15. The molecule has 19 heavy (non-hydrogen) atoms. The number of fused-ring (bicyclic) bond motifs is 1. The fraction of sp³-hybridized carbons (Fsp3) is 0.182. The lowest BCUT2D eigenvalue weighted by Crippen LogP contribution is -1.99. The Hall–Kier alpha value is -2.77. The van der Waals surface area contributed by atoms with E-state index in [1.165, 1.54) is 0 Å². The van der Waals surface area contributed by atoms with Crippen molar-refractivity contribution in [2.24, 2.45) is 0 Å². The summed E-state index contributed by atoms with van der Waals surface area (Å²) in [5, 5.41) is 27.0. The highest BCUT2D eigenvalue weighted by molar-refractivity contribution is 5.95. The maximum atomic E-state index is 11.1. The van der Waals surface area contributed by atoms with E-state index in [0.717, 1.165) is 5.69 Å². The van der Waals surface area contributed by atoms with E-state index in [1.807, 2.05) is 0 Å². The van der Waals surface area contributed by atoms with Gasteiger partial charge in [0, 0.05) is 12.6 Å². The van der Waals surface area contributed by atoms with Crippen molar-refractivity contribution in [2.45, 2.75) is 12.8 Å². The predicted molar refractivity (Wildman–Crippen MR) is 63.7 cm³/mol. The fourth-order valence-corrected chi connectivity index (χ4v) is 1.90. The first-order chi connectivity index (χ1) is 9.24. The summed E-state index contributed by atoms with van der Waals surface area (Å²) in [6, 6.07) is 4.98. The smallest absolute Gasteiger partial charge is 0.337 e. The molecule has 8 heteroatoms. The number of aromatic nitrogens is 6. The average molecular weight is 258 g/mol. The second kappa shape index (κ2) is 4.48. The summed E-state index contributed by atoms with van der Waals surface area (Å²) in [6.07, 6.45) is 2.95. The van der Waals surface area contributed by atoms with Crippen LogP contribution in [0.5, 0.6) is 0 Å². The summed E-state index contributed by atoms with van der Waals surface area (Å²) in [7, 11) is 0. The predicted octanol–water partition coefficient (Wildman–Crippen LogP) is 0.331. The molecule has 0 aliphatic rings. The van der Waals surface area contributed by atoms with Gasteiger partial charge in [0.1, 0.15) is 0 Å². The lowest BCUT2D eigenvalue weighted by Gasteiger charge is -1.96. The number of carbonyl (C=O) groups is 1. The monoisotopic (exact) mass is 258 g/mol. The Morgan fingerprint density at radius 3 is 3.05 bits per heavy atom. The number of rotatable bonds is 4. The Balaban J connectivity index is 1.89. The number of aromatic amines is 1. The number of hydrogen-bond acceptors (Lipinski definition) is 5. The number of carboxylic acids is 1. The van der Waals surface area contributed by atoms with Crippen molar-refractivity contribution in [1.82, 2.24) is 30.2 Å². The van der Waals surface area contributed by atoms with Crippen molar-refractivity contribution in [2.75, 3.05) is 0 Å².